The zero-order valence-electron chi connectivity index (χ0n) is 15.4. The topological polar surface area (TPSA) is 64.0 Å². The summed E-state index contributed by atoms with van der Waals surface area (Å²) in [7, 11) is 0. The van der Waals surface area contributed by atoms with Crippen molar-refractivity contribution >= 4 is 11.7 Å². The number of benzene rings is 2. The Hall–Kier alpha value is -3.28. The molecule has 3 aromatic rings. The summed E-state index contributed by atoms with van der Waals surface area (Å²) in [6.45, 7) is 5.21. The second-order valence-electron chi connectivity index (χ2n) is 6.37. The molecule has 1 atom stereocenters. The number of aryl methyl sites for hydroxylation is 1. The highest BCUT2D eigenvalue weighted by Crippen LogP contribution is 2.19. The number of halogens is 1. The molecule has 0 bridgehead atoms. The maximum Gasteiger partial charge on any atom is 0.293 e. The van der Waals surface area contributed by atoms with Gasteiger partial charge in [-0.2, -0.15) is 5.10 Å². The van der Waals surface area contributed by atoms with Crippen molar-refractivity contribution in [2.24, 2.45) is 0 Å². The van der Waals surface area contributed by atoms with E-state index in [1.165, 1.54) is 12.1 Å². The Morgan fingerprint density at radius 3 is 2.30 bits per heavy atom. The number of carbonyl (C=O) groups is 2. The van der Waals surface area contributed by atoms with Gasteiger partial charge in [-0.05, 0) is 50.6 Å². The molecule has 0 aliphatic heterocycles. The number of amides is 1. The molecule has 0 aliphatic carbocycles. The van der Waals surface area contributed by atoms with Crippen LogP contribution in [-0.4, -0.2) is 21.5 Å². The molecule has 0 radical (unpaired) electrons. The van der Waals surface area contributed by atoms with E-state index in [1.807, 2.05) is 30.3 Å². The van der Waals surface area contributed by atoms with Gasteiger partial charge >= 0.3 is 0 Å². The predicted octanol–water partition coefficient (Wildman–Crippen LogP) is 3.69. The molecule has 138 valence electrons. The van der Waals surface area contributed by atoms with E-state index < -0.39 is 17.7 Å². The minimum absolute atomic E-state index is 0.294. The number of nitrogens with one attached hydrogen (secondary N) is 1. The van der Waals surface area contributed by atoms with Crippen molar-refractivity contribution in [3.05, 3.63) is 82.9 Å². The van der Waals surface area contributed by atoms with E-state index >= 15 is 0 Å². The number of hydrogen-bond donors (Lipinski definition) is 1. The predicted molar refractivity (Wildman–Crippen MR) is 100 cm³/mol. The average Bonchev–Trinajstić information content (AvgIpc) is 2.96. The molecule has 27 heavy (non-hydrogen) atoms. The van der Waals surface area contributed by atoms with Crippen molar-refractivity contribution in [3.8, 4) is 5.69 Å². The lowest BCUT2D eigenvalue weighted by atomic mass is 10.1. The highest BCUT2D eigenvalue weighted by Gasteiger charge is 2.26. The van der Waals surface area contributed by atoms with E-state index in [2.05, 4.69) is 10.4 Å². The van der Waals surface area contributed by atoms with Crippen molar-refractivity contribution in [2.45, 2.75) is 26.8 Å². The maximum absolute atomic E-state index is 13.0. The van der Waals surface area contributed by atoms with E-state index in [0.29, 0.717) is 22.5 Å². The molecule has 1 amide bonds. The highest BCUT2D eigenvalue weighted by atomic mass is 19.1. The zero-order chi connectivity index (χ0) is 19.6. The van der Waals surface area contributed by atoms with Gasteiger partial charge in [-0.3, -0.25) is 9.59 Å². The summed E-state index contributed by atoms with van der Waals surface area (Å²) in [4.78, 5) is 25.2. The summed E-state index contributed by atoms with van der Waals surface area (Å²) in [5.74, 6) is -1.71. The van der Waals surface area contributed by atoms with E-state index in [0.717, 1.165) is 5.69 Å². The molecule has 0 saturated heterocycles. The largest absolute Gasteiger partial charge is 0.343 e. The summed E-state index contributed by atoms with van der Waals surface area (Å²) < 4.78 is 14.7. The molecule has 5 nitrogen and oxygen atoms in total. The van der Waals surface area contributed by atoms with Crippen LogP contribution in [0.5, 0.6) is 0 Å². The molecule has 0 spiro atoms. The fourth-order valence-electron chi connectivity index (χ4n) is 3.00. The van der Waals surface area contributed by atoms with Crippen LogP contribution in [0.1, 0.15) is 40.3 Å². The Balaban J connectivity index is 1.82. The average molecular weight is 365 g/mol. The number of rotatable bonds is 5. The number of nitrogens with zero attached hydrogens (tertiary/aromatic N) is 2. The third-order valence-electron chi connectivity index (χ3n) is 4.44. The van der Waals surface area contributed by atoms with Crippen molar-refractivity contribution in [1.82, 2.24) is 15.1 Å². The molecular weight excluding hydrogens is 345 g/mol. The second kappa shape index (κ2) is 7.53. The Labute approximate surface area is 156 Å². The molecular formula is C21H20FN3O2. The van der Waals surface area contributed by atoms with Gasteiger partial charge in [0.1, 0.15) is 5.82 Å². The van der Waals surface area contributed by atoms with E-state index in [9.17, 15) is 14.0 Å². The minimum Gasteiger partial charge on any atom is -0.343 e. The molecule has 2 aromatic carbocycles. The lowest BCUT2D eigenvalue weighted by Crippen LogP contribution is -2.33. The lowest BCUT2D eigenvalue weighted by Gasteiger charge is -2.14. The fourth-order valence-corrected chi connectivity index (χ4v) is 3.00. The molecule has 3 rings (SSSR count). The summed E-state index contributed by atoms with van der Waals surface area (Å²) in [5.41, 5.74) is 2.92. The number of carbonyl (C=O) groups excluding carboxylic acids is 2. The number of aromatic nitrogens is 2. The third kappa shape index (κ3) is 3.79. The first-order valence-electron chi connectivity index (χ1n) is 8.60. The Morgan fingerprint density at radius 2 is 1.67 bits per heavy atom. The molecule has 0 aliphatic rings. The van der Waals surface area contributed by atoms with Crippen molar-refractivity contribution in [2.75, 3.05) is 0 Å². The minimum atomic E-state index is -0.717. The molecule has 0 saturated carbocycles. The Bertz CT molecular complexity index is 979. The van der Waals surface area contributed by atoms with Gasteiger partial charge in [-0.1, -0.05) is 30.3 Å². The highest BCUT2D eigenvalue weighted by molar-refractivity contribution is 6.43. The summed E-state index contributed by atoms with van der Waals surface area (Å²) >= 11 is 0. The Kier molecular flexibility index (Phi) is 5.16. The number of Topliss-reactive ketones (excluding diaryl/α,β-unsaturated/α-hetero) is 1. The number of hydrogen-bond acceptors (Lipinski definition) is 3. The first-order valence-corrected chi connectivity index (χ1v) is 8.60. The van der Waals surface area contributed by atoms with Crippen LogP contribution < -0.4 is 5.32 Å². The second-order valence-corrected chi connectivity index (χ2v) is 6.37. The third-order valence-corrected chi connectivity index (χ3v) is 4.44. The normalized spacial score (nSPS) is 11.9. The SMILES string of the molecule is Cc1nn(-c2ccccc2)c(C)c1C(=O)C(=O)NC(C)c1ccc(F)cc1. The first-order chi connectivity index (χ1) is 12.9. The quantitative estimate of drug-likeness (QED) is 0.554. The fraction of sp³-hybridized carbons (Fsp3) is 0.190. The maximum atomic E-state index is 13.0. The van der Waals surface area contributed by atoms with Gasteiger partial charge in [0.15, 0.2) is 0 Å². The summed E-state index contributed by atoms with van der Waals surface area (Å²) in [6, 6.07) is 14.8. The van der Waals surface area contributed by atoms with Crippen LogP contribution in [0, 0.1) is 19.7 Å². The van der Waals surface area contributed by atoms with Crippen molar-refractivity contribution in [3.63, 3.8) is 0 Å². The smallest absolute Gasteiger partial charge is 0.293 e. The van der Waals surface area contributed by atoms with Crippen LogP contribution in [0.25, 0.3) is 5.69 Å². The molecule has 0 fully saturated rings. The van der Waals surface area contributed by atoms with E-state index in [1.54, 1.807) is 37.6 Å². The van der Waals surface area contributed by atoms with Crippen LogP contribution in [0.2, 0.25) is 0 Å². The molecule has 1 unspecified atom stereocenters. The lowest BCUT2D eigenvalue weighted by molar-refractivity contribution is -0.117. The number of ketones is 1. The standard InChI is InChI=1S/C21H20FN3O2/c1-13(16-9-11-17(22)12-10-16)23-21(27)20(26)19-14(2)24-25(15(19)3)18-7-5-4-6-8-18/h4-13H,1-3H3,(H,23,27). The van der Waals surface area contributed by atoms with Gasteiger partial charge < -0.3 is 5.32 Å². The van der Waals surface area contributed by atoms with Crippen LogP contribution in [-0.2, 0) is 4.79 Å². The van der Waals surface area contributed by atoms with E-state index in [-0.39, 0.29) is 5.82 Å². The molecule has 6 heteroatoms. The zero-order valence-corrected chi connectivity index (χ0v) is 15.4. The molecule has 1 heterocycles. The van der Waals surface area contributed by atoms with Gasteiger partial charge in [0.2, 0.25) is 0 Å². The van der Waals surface area contributed by atoms with Gasteiger partial charge in [-0.15, -0.1) is 0 Å². The monoisotopic (exact) mass is 365 g/mol. The van der Waals surface area contributed by atoms with Crippen molar-refractivity contribution in [1.29, 1.82) is 0 Å². The molecule has 1 N–H and O–H groups in total. The Morgan fingerprint density at radius 1 is 1.04 bits per heavy atom. The van der Waals surface area contributed by atoms with Crippen LogP contribution in [0.15, 0.2) is 54.6 Å². The van der Waals surface area contributed by atoms with E-state index in [4.69, 9.17) is 0 Å². The first kappa shape index (κ1) is 18.5. The summed E-state index contributed by atoms with van der Waals surface area (Å²) in [5, 5.41) is 7.07. The van der Waals surface area contributed by atoms with Crippen LogP contribution in [0.3, 0.4) is 0 Å². The van der Waals surface area contributed by atoms with Crippen LogP contribution in [0.4, 0.5) is 4.39 Å². The van der Waals surface area contributed by atoms with Gasteiger partial charge in [0, 0.05) is 0 Å². The van der Waals surface area contributed by atoms with Crippen LogP contribution >= 0.6 is 0 Å². The molecule has 1 aromatic heterocycles. The van der Waals surface area contributed by atoms with Gasteiger partial charge in [0.05, 0.1) is 28.7 Å². The van der Waals surface area contributed by atoms with Gasteiger partial charge in [0.25, 0.3) is 11.7 Å². The number of para-hydroxylation sites is 1. The van der Waals surface area contributed by atoms with Gasteiger partial charge in [-0.25, -0.2) is 9.07 Å². The summed E-state index contributed by atoms with van der Waals surface area (Å²) in [6.07, 6.45) is 0. The van der Waals surface area contributed by atoms with Crippen molar-refractivity contribution < 1.29 is 14.0 Å².